The number of hydrogen-bond donors (Lipinski definition) is 2. The highest BCUT2D eigenvalue weighted by Crippen LogP contribution is 2.31. The van der Waals surface area contributed by atoms with Crippen LogP contribution in [0.1, 0.15) is 23.7 Å². The molecule has 0 saturated carbocycles. The molecule has 0 heterocycles. The summed E-state index contributed by atoms with van der Waals surface area (Å²) in [6, 6.07) is 6.95. The van der Waals surface area contributed by atoms with Gasteiger partial charge in [0.05, 0.1) is 17.3 Å². The van der Waals surface area contributed by atoms with Gasteiger partial charge in [0.2, 0.25) is 0 Å². The van der Waals surface area contributed by atoms with Crippen LogP contribution in [0.2, 0.25) is 0 Å². The Morgan fingerprint density at radius 1 is 1.69 bits per heavy atom. The van der Waals surface area contributed by atoms with Crippen molar-refractivity contribution in [2.75, 3.05) is 5.73 Å². The van der Waals surface area contributed by atoms with E-state index >= 15 is 0 Å². The smallest absolute Gasteiger partial charge is 0.337 e. The normalized spacial score (nSPS) is 11.8. The first-order valence-electron chi connectivity index (χ1n) is 4.71. The van der Waals surface area contributed by atoms with Gasteiger partial charge in [0, 0.05) is 16.6 Å². The van der Waals surface area contributed by atoms with Gasteiger partial charge in [0.15, 0.2) is 0 Å². The van der Waals surface area contributed by atoms with E-state index < -0.39 is 5.97 Å². The number of nitrogens with zero attached hydrogens (tertiary/aromatic N) is 1. The highest BCUT2D eigenvalue weighted by molar-refractivity contribution is 8.00. The molecule has 1 unspecified atom stereocenters. The van der Waals surface area contributed by atoms with E-state index in [9.17, 15) is 4.79 Å². The lowest BCUT2D eigenvalue weighted by Crippen LogP contribution is -2.04. The van der Waals surface area contributed by atoms with Gasteiger partial charge in [-0.1, -0.05) is 13.0 Å². The predicted molar refractivity (Wildman–Crippen MR) is 63.4 cm³/mol. The van der Waals surface area contributed by atoms with Crippen molar-refractivity contribution in [1.29, 1.82) is 5.26 Å². The monoisotopic (exact) mass is 236 g/mol. The Morgan fingerprint density at radius 2 is 2.38 bits per heavy atom. The van der Waals surface area contributed by atoms with Crippen LogP contribution in [-0.4, -0.2) is 16.3 Å². The standard InChI is InChI=1S/C11H12N2O2S/c1-7(5-6-12)16-9-4-2-3-8(10(9)13)11(14)15/h2-4,7H,5,13H2,1H3,(H,14,15). The molecule has 3 N–H and O–H groups in total. The van der Waals surface area contributed by atoms with Crippen LogP contribution in [0, 0.1) is 11.3 Å². The van der Waals surface area contributed by atoms with Crippen molar-refractivity contribution in [2.24, 2.45) is 0 Å². The van der Waals surface area contributed by atoms with Crippen LogP contribution in [0.4, 0.5) is 5.69 Å². The third-order valence-corrected chi connectivity index (χ3v) is 3.18. The first-order valence-corrected chi connectivity index (χ1v) is 5.59. The van der Waals surface area contributed by atoms with E-state index in [-0.39, 0.29) is 16.5 Å². The van der Waals surface area contributed by atoms with Crippen molar-refractivity contribution in [3.8, 4) is 6.07 Å². The van der Waals surface area contributed by atoms with Crippen LogP contribution in [0.5, 0.6) is 0 Å². The van der Waals surface area contributed by atoms with E-state index in [0.717, 1.165) is 0 Å². The average Bonchev–Trinajstić information content (AvgIpc) is 2.21. The molecular weight excluding hydrogens is 224 g/mol. The van der Waals surface area contributed by atoms with Crippen LogP contribution in [0.25, 0.3) is 0 Å². The van der Waals surface area contributed by atoms with Gasteiger partial charge in [-0.2, -0.15) is 5.26 Å². The van der Waals surface area contributed by atoms with Gasteiger partial charge in [0.25, 0.3) is 0 Å². The van der Waals surface area contributed by atoms with Gasteiger partial charge in [-0.05, 0) is 12.1 Å². The van der Waals surface area contributed by atoms with E-state index in [0.29, 0.717) is 11.3 Å². The molecule has 0 aliphatic carbocycles. The van der Waals surface area contributed by atoms with Crippen LogP contribution in [0.15, 0.2) is 23.1 Å². The lowest BCUT2D eigenvalue weighted by Gasteiger charge is -2.11. The number of para-hydroxylation sites is 1. The summed E-state index contributed by atoms with van der Waals surface area (Å²) in [5.74, 6) is -1.03. The Morgan fingerprint density at radius 3 is 2.94 bits per heavy atom. The average molecular weight is 236 g/mol. The van der Waals surface area contributed by atoms with E-state index in [1.165, 1.54) is 17.8 Å². The molecule has 16 heavy (non-hydrogen) atoms. The van der Waals surface area contributed by atoms with E-state index in [1.807, 2.05) is 6.92 Å². The number of carboxylic acids is 1. The minimum Gasteiger partial charge on any atom is -0.478 e. The van der Waals surface area contributed by atoms with E-state index in [2.05, 4.69) is 6.07 Å². The summed E-state index contributed by atoms with van der Waals surface area (Å²) in [5, 5.41) is 17.5. The summed E-state index contributed by atoms with van der Waals surface area (Å²) < 4.78 is 0. The number of nitrogen functional groups attached to an aromatic ring is 1. The molecule has 0 aliphatic heterocycles. The number of benzene rings is 1. The molecule has 1 atom stereocenters. The summed E-state index contributed by atoms with van der Waals surface area (Å²) in [4.78, 5) is 11.6. The van der Waals surface area contributed by atoms with Crippen LogP contribution in [0.3, 0.4) is 0 Å². The van der Waals surface area contributed by atoms with Crippen LogP contribution < -0.4 is 5.73 Å². The van der Waals surface area contributed by atoms with Crippen molar-refractivity contribution >= 4 is 23.4 Å². The molecular formula is C11H12N2O2S. The fourth-order valence-corrected chi connectivity index (χ4v) is 2.21. The van der Waals surface area contributed by atoms with Gasteiger partial charge in [0.1, 0.15) is 0 Å². The topological polar surface area (TPSA) is 87.1 Å². The minimum absolute atomic E-state index is 0.0938. The maximum absolute atomic E-state index is 10.8. The Balaban J connectivity index is 2.94. The van der Waals surface area contributed by atoms with Gasteiger partial charge in [-0.25, -0.2) is 4.79 Å². The summed E-state index contributed by atoms with van der Waals surface area (Å²) in [7, 11) is 0. The molecule has 4 nitrogen and oxygen atoms in total. The molecule has 1 aromatic rings. The number of carboxylic acid groups (broad SMARTS) is 1. The minimum atomic E-state index is -1.03. The van der Waals surface area contributed by atoms with Crippen molar-refractivity contribution in [2.45, 2.75) is 23.5 Å². The predicted octanol–water partition coefficient (Wildman–Crippen LogP) is 2.36. The maximum Gasteiger partial charge on any atom is 0.337 e. The third kappa shape index (κ3) is 2.91. The second-order valence-electron chi connectivity index (χ2n) is 3.31. The SMILES string of the molecule is CC(CC#N)Sc1cccc(C(=O)O)c1N. The number of rotatable bonds is 4. The zero-order valence-corrected chi connectivity index (χ0v) is 9.62. The molecule has 0 fully saturated rings. The number of aromatic carboxylic acids is 1. The van der Waals surface area contributed by atoms with Crippen molar-refractivity contribution < 1.29 is 9.90 Å². The number of nitrogens with two attached hydrogens (primary N) is 1. The largest absolute Gasteiger partial charge is 0.478 e. The third-order valence-electron chi connectivity index (χ3n) is 2.00. The molecule has 0 aromatic heterocycles. The summed E-state index contributed by atoms with van der Waals surface area (Å²) in [6.07, 6.45) is 0.404. The first kappa shape index (κ1) is 12.4. The molecule has 0 amide bonds. The number of hydrogen-bond acceptors (Lipinski definition) is 4. The van der Waals surface area contributed by atoms with Gasteiger partial charge >= 0.3 is 5.97 Å². The molecule has 5 heteroatoms. The molecule has 84 valence electrons. The summed E-state index contributed by atoms with van der Waals surface area (Å²) in [6.45, 7) is 1.90. The Kier molecular flexibility index (Phi) is 4.20. The van der Waals surface area contributed by atoms with Gasteiger partial charge < -0.3 is 10.8 Å². The molecule has 0 saturated heterocycles. The lowest BCUT2D eigenvalue weighted by atomic mass is 10.2. The fraction of sp³-hybridized carbons (Fsp3) is 0.273. The number of thioether (sulfide) groups is 1. The molecule has 1 aromatic carbocycles. The molecule has 0 radical (unpaired) electrons. The zero-order valence-electron chi connectivity index (χ0n) is 8.80. The molecule has 1 rings (SSSR count). The van der Waals surface area contributed by atoms with Crippen LogP contribution in [-0.2, 0) is 0 Å². The van der Waals surface area contributed by atoms with E-state index in [1.54, 1.807) is 12.1 Å². The second kappa shape index (κ2) is 5.42. The van der Waals surface area contributed by atoms with Gasteiger partial charge in [-0.3, -0.25) is 0 Å². The van der Waals surface area contributed by atoms with E-state index in [4.69, 9.17) is 16.1 Å². The van der Waals surface area contributed by atoms with Crippen LogP contribution >= 0.6 is 11.8 Å². The quantitative estimate of drug-likeness (QED) is 0.619. The highest BCUT2D eigenvalue weighted by atomic mass is 32.2. The van der Waals surface area contributed by atoms with Gasteiger partial charge in [-0.15, -0.1) is 11.8 Å². The highest BCUT2D eigenvalue weighted by Gasteiger charge is 2.13. The zero-order chi connectivity index (χ0) is 12.1. The summed E-state index contributed by atoms with van der Waals surface area (Å²) in [5.41, 5.74) is 6.12. The Hall–Kier alpha value is -1.67. The number of anilines is 1. The lowest BCUT2D eigenvalue weighted by molar-refractivity contribution is 0.0698. The Bertz CT molecular complexity index is 440. The molecule has 0 aliphatic rings. The second-order valence-corrected chi connectivity index (χ2v) is 4.79. The summed E-state index contributed by atoms with van der Waals surface area (Å²) >= 11 is 1.42. The molecule has 0 bridgehead atoms. The van der Waals surface area contributed by atoms with Crippen molar-refractivity contribution in [3.05, 3.63) is 23.8 Å². The first-order chi connectivity index (χ1) is 7.56. The number of nitriles is 1. The Labute approximate surface area is 98.1 Å². The van der Waals surface area contributed by atoms with Crippen molar-refractivity contribution in [3.63, 3.8) is 0 Å². The number of carbonyl (C=O) groups is 1. The molecule has 0 spiro atoms. The fourth-order valence-electron chi connectivity index (χ4n) is 1.22. The maximum atomic E-state index is 10.8. The van der Waals surface area contributed by atoms with Crippen molar-refractivity contribution in [1.82, 2.24) is 0 Å².